The summed E-state index contributed by atoms with van der Waals surface area (Å²) >= 11 is 0. The molecule has 1 aliphatic rings. The summed E-state index contributed by atoms with van der Waals surface area (Å²) in [5.41, 5.74) is 6.30. The average Bonchev–Trinajstić information content (AvgIpc) is 3.40. The Bertz CT molecular complexity index is 1290. The van der Waals surface area contributed by atoms with E-state index in [9.17, 15) is 4.79 Å². The molecule has 158 valence electrons. The third kappa shape index (κ3) is 3.13. The van der Waals surface area contributed by atoms with E-state index < -0.39 is 0 Å². The fourth-order valence-electron chi connectivity index (χ4n) is 4.15. The predicted molar refractivity (Wildman–Crippen MR) is 116 cm³/mol. The van der Waals surface area contributed by atoms with Crippen LogP contribution >= 0.6 is 0 Å². The van der Waals surface area contributed by atoms with E-state index in [0.717, 1.165) is 34.6 Å². The van der Waals surface area contributed by atoms with Crippen LogP contribution in [0, 0.1) is 13.8 Å². The molecule has 0 radical (unpaired) electrons. The summed E-state index contributed by atoms with van der Waals surface area (Å²) in [5, 5.41) is 4.85. The second-order valence-corrected chi connectivity index (χ2v) is 8.07. The van der Waals surface area contributed by atoms with Crippen LogP contribution < -0.4 is 4.90 Å². The maximum atomic E-state index is 12.4. The summed E-state index contributed by atoms with van der Waals surface area (Å²) in [4.78, 5) is 33.2. The Labute approximate surface area is 179 Å². The monoisotopic (exact) mass is 416 g/mol. The zero-order valence-electron chi connectivity index (χ0n) is 18.0. The lowest BCUT2D eigenvalue weighted by Gasteiger charge is -2.34. The number of aromatic amines is 1. The molecule has 1 atom stereocenters. The highest BCUT2D eigenvalue weighted by atomic mass is 16.2. The average molecular weight is 416 g/mol. The van der Waals surface area contributed by atoms with Gasteiger partial charge in [-0.25, -0.2) is 19.5 Å². The van der Waals surface area contributed by atoms with Gasteiger partial charge >= 0.3 is 0 Å². The van der Waals surface area contributed by atoms with Crippen LogP contribution in [0.25, 0.3) is 5.52 Å². The number of aromatic nitrogens is 6. The van der Waals surface area contributed by atoms with Crippen LogP contribution in [0.5, 0.6) is 0 Å². The molecule has 1 N–H and O–H groups in total. The Morgan fingerprint density at radius 3 is 2.84 bits per heavy atom. The minimum absolute atomic E-state index is 0.107. The first-order valence-corrected chi connectivity index (χ1v) is 10.2. The lowest BCUT2D eigenvalue weighted by Crippen LogP contribution is -2.38. The molecule has 0 saturated heterocycles. The minimum atomic E-state index is -0.218. The zero-order valence-corrected chi connectivity index (χ0v) is 18.0. The third-order valence-electron chi connectivity index (χ3n) is 5.80. The van der Waals surface area contributed by atoms with Gasteiger partial charge in [0.05, 0.1) is 34.5 Å². The van der Waals surface area contributed by atoms with Crippen molar-refractivity contribution in [2.45, 2.75) is 26.3 Å². The molecule has 4 aromatic rings. The molecule has 9 nitrogen and oxygen atoms in total. The van der Waals surface area contributed by atoms with Crippen molar-refractivity contribution in [2.24, 2.45) is 0 Å². The number of pyridine rings is 1. The second-order valence-electron chi connectivity index (χ2n) is 8.07. The molecule has 0 bridgehead atoms. The van der Waals surface area contributed by atoms with Crippen LogP contribution in [-0.4, -0.2) is 61.0 Å². The van der Waals surface area contributed by atoms with Gasteiger partial charge < -0.3 is 14.8 Å². The van der Waals surface area contributed by atoms with Crippen molar-refractivity contribution < 1.29 is 4.79 Å². The van der Waals surface area contributed by atoms with Crippen molar-refractivity contribution in [2.75, 3.05) is 25.5 Å². The second kappa shape index (κ2) is 7.19. The van der Waals surface area contributed by atoms with Crippen molar-refractivity contribution in [3.63, 3.8) is 0 Å². The number of fused-ring (bicyclic) bond motifs is 2. The van der Waals surface area contributed by atoms with Gasteiger partial charge in [0, 0.05) is 45.1 Å². The number of hydrogen-bond donors (Lipinski definition) is 1. The smallest absolute Gasteiger partial charge is 0.256 e. The number of nitrogens with one attached hydrogen (secondary N) is 1. The van der Waals surface area contributed by atoms with E-state index in [1.165, 1.54) is 4.90 Å². The molecule has 1 aliphatic heterocycles. The van der Waals surface area contributed by atoms with Gasteiger partial charge in [0.1, 0.15) is 6.04 Å². The van der Waals surface area contributed by atoms with E-state index in [1.807, 2.05) is 23.7 Å². The van der Waals surface area contributed by atoms with Gasteiger partial charge in [-0.1, -0.05) is 6.07 Å². The zero-order chi connectivity index (χ0) is 21.7. The van der Waals surface area contributed by atoms with Gasteiger partial charge in [-0.2, -0.15) is 5.10 Å². The molecule has 0 aromatic carbocycles. The molecule has 0 fully saturated rings. The molecular weight excluding hydrogens is 392 g/mol. The first-order valence-electron chi connectivity index (χ1n) is 10.2. The number of H-pyrrole nitrogens is 1. The fraction of sp³-hybridized carbons (Fsp3) is 0.318. The number of nitrogens with zero attached hydrogens (tertiary/aromatic N) is 7. The molecule has 1 unspecified atom stereocenters. The number of anilines is 1. The van der Waals surface area contributed by atoms with Crippen molar-refractivity contribution >= 4 is 17.4 Å². The summed E-state index contributed by atoms with van der Waals surface area (Å²) in [7, 11) is 3.45. The first kappa shape index (κ1) is 19.2. The Hall–Kier alpha value is -3.75. The Kier molecular flexibility index (Phi) is 4.46. The van der Waals surface area contributed by atoms with Crippen LogP contribution in [-0.2, 0) is 6.42 Å². The number of carbonyl (C=O) groups is 1. The van der Waals surface area contributed by atoms with E-state index in [2.05, 4.69) is 38.9 Å². The van der Waals surface area contributed by atoms with Crippen LogP contribution in [0.2, 0.25) is 0 Å². The van der Waals surface area contributed by atoms with E-state index in [1.54, 1.807) is 26.6 Å². The lowest BCUT2D eigenvalue weighted by atomic mass is 10.00. The molecule has 5 heterocycles. The predicted octanol–water partition coefficient (Wildman–Crippen LogP) is 2.32. The third-order valence-corrected chi connectivity index (χ3v) is 5.80. The number of carbonyl (C=O) groups excluding carboxylic acids is 1. The van der Waals surface area contributed by atoms with Crippen LogP contribution in [0.15, 0.2) is 36.9 Å². The summed E-state index contributed by atoms with van der Waals surface area (Å²) in [6, 6.07) is 5.95. The highest BCUT2D eigenvalue weighted by Gasteiger charge is 2.35. The minimum Gasteiger partial charge on any atom is -0.348 e. The fourth-order valence-corrected chi connectivity index (χ4v) is 4.15. The largest absolute Gasteiger partial charge is 0.348 e. The molecule has 0 aliphatic carbocycles. The molecule has 31 heavy (non-hydrogen) atoms. The lowest BCUT2D eigenvalue weighted by molar-refractivity contribution is 0.0826. The molecule has 0 saturated carbocycles. The van der Waals surface area contributed by atoms with Crippen molar-refractivity contribution in [3.05, 3.63) is 70.8 Å². The van der Waals surface area contributed by atoms with E-state index in [-0.39, 0.29) is 11.9 Å². The molecule has 4 aromatic heterocycles. The van der Waals surface area contributed by atoms with Crippen molar-refractivity contribution in [1.29, 1.82) is 0 Å². The number of imidazole rings is 1. The maximum absolute atomic E-state index is 12.4. The van der Waals surface area contributed by atoms with Gasteiger partial charge in [0.2, 0.25) is 5.95 Å². The highest BCUT2D eigenvalue weighted by molar-refractivity contribution is 5.94. The Morgan fingerprint density at radius 1 is 1.26 bits per heavy atom. The van der Waals surface area contributed by atoms with E-state index >= 15 is 0 Å². The van der Waals surface area contributed by atoms with Crippen LogP contribution in [0.1, 0.15) is 44.7 Å². The maximum Gasteiger partial charge on any atom is 0.256 e. The number of rotatable bonds is 3. The van der Waals surface area contributed by atoms with Gasteiger partial charge in [-0.05, 0) is 31.5 Å². The normalized spacial score (nSPS) is 15.9. The number of hydrogen-bond acceptors (Lipinski definition) is 6. The molecule has 1 amide bonds. The molecule has 5 rings (SSSR count). The van der Waals surface area contributed by atoms with Gasteiger partial charge in [0.25, 0.3) is 5.91 Å². The topological polar surface area (TPSA) is 95.3 Å². The first-order chi connectivity index (χ1) is 14.9. The molecule has 9 heteroatoms. The summed E-state index contributed by atoms with van der Waals surface area (Å²) < 4.78 is 1.90. The highest BCUT2D eigenvalue weighted by Crippen LogP contribution is 2.35. The van der Waals surface area contributed by atoms with Gasteiger partial charge in [-0.15, -0.1) is 0 Å². The van der Waals surface area contributed by atoms with E-state index in [4.69, 9.17) is 10.1 Å². The summed E-state index contributed by atoms with van der Waals surface area (Å²) in [6.45, 7) is 4.63. The van der Waals surface area contributed by atoms with Gasteiger partial charge in [0.15, 0.2) is 0 Å². The Morgan fingerprint density at radius 2 is 2.10 bits per heavy atom. The van der Waals surface area contributed by atoms with Gasteiger partial charge in [-0.3, -0.25) is 4.79 Å². The number of aryl methyl sites for hydroxylation is 2. The van der Waals surface area contributed by atoms with Crippen LogP contribution in [0.3, 0.4) is 0 Å². The van der Waals surface area contributed by atoms with Crippen molar-refractivity contribution in [3.8, 4) is 0 Å². The van der Waals surface area contributed by atoms with E-state index in [0.29, 0.717) is 23.8 Å². The molecular formula is C22H24N8O. The summed E-state index contributed by atoms with van der Waals surface area (Å²) in [6.07, 6.45) is 6.10. The molecule has 0 spiro atoms. The number of amides is 1. The summed E-state index contributed by atoms with van der Waals surface area (Å²) in [5.74, 6) is 0.463. The standard InChI is InChI=1S/C22H24N8O/c1-13-6-5-8-30-18(13)10-17(27-30)20-19-16(24-12-25-19)7-9-29(20)22-23-11-15(14(2)26-22)21(31)28(3)4/h5-6,8,10-12,20H,7,9H2,1-4H3,(H,24,25). The van der Waals surface area contributed by atoms with Crippen molar-refractivity contribution in [1.82, 2.24) is 34.4 Å². The SMILES string of the molecule is Cc1nc(N2CCc3[nH]cnc3C2c2cc3c(C)cccn3n2)ncc1C(=O)N(C)C. The Balaban J connectivity index is 1.61. The quantitative estimate of drug-likeness (QED) is 0.551. The van der Waals surface area contributed by atoms with Crippen LogP contribution in [0.4, 0.5) is 5.95 Å².